The van der Waals surface area contributed by atoms with Crippen LogP contribution in [-0.2, 0) is 36.8 Å². The minimum absolute atomic E-state index is 0.0945. The number of fused-ring (bicyclic) bond motifs is 1. The number of carbonyl (C=O) groups excluding carboxylic acids is 3. The maximum Gasteiger partial charge on any atom is 0.414 e. The van der Waals surface area contributed by atoms with E-state index < -0.39 is 17.8 Å². The van der Waals surface area contributed by atoms with Gasteiger partial charge in [0.05, 0.1) is 13.7 Å². The van der Waals surface area contributed by atoms with Crippen LogP contribution in [0.2, 0.25) is 0 Å². The highest BCUT2D eigenvalue weighted by Crippen LogP contribution is 2.43. The van der Waals surface area contributed by atoms with Crippen LogP contribution >= 0.6 is 0 Å². The Morgan fingerprint density at radius 3 is 2.57 bits per heavy atom. The Labute approximate surface area is 217 Å². The van der Waals surface area contributed by atoms with Gasteiger partial charge in [0.25, 0.3) is 0 Å². The van der Waals surface area contributed by atoms with E-state index in [1.165, 1.54) is 12.0 Å². The first-order chi connectivity index (χ1) is 17.5. The highest BCUT2D eigenvalue weighted by atomic mass is 16.7. The molecular formula is C27H37NO9. The van der Waals surface area contributed by atoms with Crippen molar-refractivity contribution >= 4 is 18.0 Å². The fourth-order valence-corrected chi connectivity index (χ4v) is 4.20. The van der Waals surface area contributed by atoms with Gasteiger partial charge in [0, 0.05) is 31.1 Å². The van der Waals surface area contributed by atoms with Crippen molar-refractivity contribution in [1.82, 2.24) is 4.90 Å². The lowest BCUT2D eigenvalue weighted by molar-refractivity contribution is -0.158. The van der Waals surface area contributed by atoms with Crippen molar-refractivity contribution in [2.45, 2.75) is 72.4 Å². The van der Waals surface area contributed by atoms with Crippen molar-refractivity contribution < 1.29 is 42.8 Å². The first kappa shape index (κ1) is 28.5. The minimum Gasteiger partial charge on any atom is -0.496 e. The van der Waals surface area contributed by atoms with Crippen LogP contribution in [0.15, 0.2) is 11.6 Å². The van der Waals surface area contributed by atoms with Gasteiger partial charge in [0.2, 0.25) is 0 Å². The second-order valence-corrected chi connectivity index (χ2v) is 9.67. The van der Waals surface area contributed by atoms with Gasteiger partial charge < -0.3 is 33.3 Å². The smallest absolute Gasteiger partial charge is 0.414 e. The van der Waals surface area contributed by atoms with Crippen LogP contribution in [0, 0.1) is 6.92 Å². The van der Waals surface area contributed by atoms with Crippen molar-refractivity contribution in [3.05, 3.63) is 33.9 Å². The summed E-state index contributed by atoms with van der Waals surface area (Å²) in [6.07, 6.45) is 2.08. The molecule has 0 aliphatic carbocycles. The third-order valence-electron chi connectivity index (χ3n) is 6.48. The molecule has 0 bridgehead atoms. The topological polar surface area (TPSA) is 110 Å². The van der Waals surface area contributed by atoms with Crippen molar-refractivity contribution in [2.24, 2.45) is 0 Å². The van der Waals surface area contributed by atoms with E-state index in [0.29, 0.717) is 42.9 Å². The molecule has 1 amide bonds. The van der Waals surface area contributed by atoms with Gasteiger partial charge in [-0.2, -0.15) is 0 Å². The summed E-state index contributed by atoms with van der Waals surface area (Å²) in [4.78, 5) is 38.8. The summed E-state index contributed by atoms with van der Waals surface area (Å²) in [7, 11) is 3.15. The van der Waals surface area contributed by atoms with Gasteiger partial charge in [-0.15, -0.1) is 0 Å². The van der Waals surface area contributed by atoms with E-state index in [9.17, 15) is 14.4 Å². The Hall–Kier alpha value is -3.11. The van der Waals surface area contributed by atoms with Crippen molar-refractivity contribution in [2.75, 3.05) is 33.9 Å². The van der Waals surface area contributed by atoms with E-state index in [0.717, 1.165) is 11.1 Å². The van der Waals surface area contributed by atoms with Gasteiger partial charge in [0.1, 0.15) is 30.6 Å². The molecule has 0 spiro atoms. The molecule has 1 unspecified atom stereocenters. The highest BCUT2D eigenvalue weighted by Gasteiger charge is 2.35. The largest absolute Gasteiger partial charge is 0.496 e. The van der Waals surface area contributed by atoms with E-state index in [1.54, 1.807) is 7.05 Å². The summed E-state index contributed by atoms with van der Waals surface area (Å²) in [5.74, 6) is -0.845. The Bertz CT molecular complexity index is 1080. The number of nitrogens with zero attached hydrogens (tertiary/aromatic N) is 1. The quantitative estimate of drug-likeness (QED) is 0.333. The van der Waals surface area contributed by atoms with Crippen LogP contribution in [0.25, 0.3) is 0 Å². The number of carbonyl (C=O) groups is 3. The van der Waals surface area contributed by atoms with Crippen molar-refractivity contribution in [3.63, 3.8) is 0 Å². The summed E-state index contributed by atoms with van der Waals surface area (Å²) in [5.41, 5.74) is 3.17. The number of rotatable bonds is 10. The van der Waals surface area contributed by atoms with Gasteiger partial charge in [-0.25, -0.2) is 9.59 Å². The molecule has 3 rings (SSSR count). The molecule has 204 valence electrons. The fourth-order valence-electron chi connectivity index (χ4n) is 4.20. The Balaban J connectivity index is 1.73. The number of hydrogen-bond donors (Lipinski definition) is 0. The second kappa shape index (κ2) is 12.0. The molecule has 0 radical (unpaired) electrons. The van der Waals surface area contributed by atoms with Crippen LogP contribution in [0.5, 0.6) is 11.5 Å². The lowest BCUT2D eigenvalue weighted by Gasteiger charge is -2.21. The summed E-state index contributed by atoms with van der Waals surface area (Å²) >= 11 is 0. The third-order valence-corrected chi connectivity index (χ3v) is 6.48. The number of hydrogen-bond acceptors (Lipinski definition) is 9. The first-order valence-corrected chi connectivity index (χ1v) is 12.4. The number of ether oxygens (including phenoxy) is 6. The molecule has 0 aromatic heterocycles. The number of benzene rings is 1. The molecule has 10 heteroatoms. The summed E-state index contributed by atoms with van der Waals surface area (Å²) in [5, 5.41) is 0. The molecular weight excluding hydrogens is 482 g/mol. The molecule has 1 saturated heterocycles. The first-order valence-electron chi connectivity index (χ1n) is 12.4. The Kier molecular flexibility index (Phi) is 9.20. The van der Waals surface area contributed by atoms with Gasteiger partial charge in [-0.05, 0) is 53.0 Å². The number of methoxy groups -OCH3 is 1. The number of allylic oxidation sites excluding steroid dienone is 2. The maximum atomic E-state index is 12.6. The van der Waals surface area contributed by atoms with E-state index >= 15 is 0 Å². The third kappa shape index (κ3) is 6.81. The molecule has 1 aromatic rings. The van der Waals surface area contributed by atoms with Crippen LogP contribution in [0.3, 0.4) is 0 Å². The molecule has 0 N–H and O–H groups in total. The van der Waals surface area contributed by atoms with Gasteiger partial charge in [-0.3, -0.25) is 4.79 Å². The lowest BCUT2D eigenvalue weighted by atomic mass is 9.94. The summed E-state index contributed by atoms with van der Waals surface area (Å²) in [6, 6.07) is 0. The van der Waals surface area contributed by atoms with E-state index in [2.05, 4.69) is 0 Å². The van der Waals surface area contributed by atoms with Gasteiger partial charge in [0.15, 0.2) is 11.5 Å². The highest BCUT2D eigenvalue weighted by molar-refractivity contribution is 5.99. The molecule has 2 aliphatic rings. The van der Waals surface area contributed by atoms with Crippen LogP contribution in [0.4, 0.5) is 4.79 Å². The number of amides is 1. The Morgan fingerprint density at radius 1 is 1.22 bits per heavy atom. The molecule has 1 aromatic carbocycles. The summed E-state index contributed by atoms with van der Waals surface area (Å²) in [6.45, 7) is 10.3. The number of esters is 2. The fraction of sp³-hybridized carbons (Fsp3) is 0.593. The zero-order valence-corrected chi connectivity index (χ0v) is 22.7. The van der Waals surface area contributed by atoms with Crippen LogP contribution < -0.4 is 9.47 Å². The SMILES string of the molecule is CCN(C)C(=O)Oc1c(CC=C(C)CCC(=O)OCC2COC(C)(C)O2)c(OC)c(C)c2c1C(=O)OC2. The van der Waals surface area contributed by atoms with Crippen molar-refractivity contribution in [3.8, 4) is 11.5 Å². The van der Waals surface area contributed by atoms with Crippen LogP contribution in [0.1, 0.15) is 67.6 Å². The monoisotopic (exact) mass is 519 g/mol. The van der Waals surface area contributed by atoms with E-state index in [4.69, 9.17) is 28.4 Å². The Morgan fingerprint density at radius 2 is 1.95 bits per heavy atom. The standard InChI is InChI=1S/C27H37NO9/c1-8-28(6)26(31)36-24-19(23(32-7)17(3)20-15-34-25(30)22(20)24)11-9-16(2)10-12-21(29)33-13-18-14-35-27(4,5)37-18/h9,18H,8,10-15H2,1-7H3. The van der Waals surface area contributed by atoms with Gasteiger partial charge in [-0.1, -0.05) is 11.6 Å². The van der Waals surface area contributed by atoms with E-state index in [1.807, 2.05) is 40.7 Å². The average molecular weight is 520 g/mol. The van der Waals surface area contributed by atoms with Crippen LogP contribution in [-0.4, -0.2) is 68.7 Å². The molecule has 0 saturated carbocycles. The molecule has 2 aliphatic heterocycles. The second-order valence-electron chi connectivity index (χ2n) is 9.67. The predicted octanol–water partition coefficient (Wildman–Crippen LogP) is 4.09. The maximum absolute atomic E-state index is 12.6. The predicted molar refractivity (Wildman–Crippen MR) is 134 cm³/mol. The number of cyclic esters (lactones) is 1. The molecule has 1 fully saturated rings. The van der Waals surface area contributed by atoms with Gasteiger partial charge >= 0.3 is 18.0 Å². The average Bonchev–Trinajstić information content (AvgIpc) is 3.42. The normalized spacial score (nSPS) is 18.3. The zero-order valence-electron chi connectivity index (χ0n) is 22.7. The van der Waals surface area contributed by atoms with Crippen molar-refractivity contribution in [1.29, 1.82) is 0 Å². The van der Waals surface area contributed by atoms with E-state index in [-0.39, 0.29) is 43.0 Å². The minimum atomic E-state index is -0.663. The molecule has 2 heterocycles. The lowest BCUT2D eigenvalue weighted by Crippen LogP contribution is -2.30. The molecule has 1 atom stereocenters. The molecule has 37 heavy (non-hydrogen) atoms. The summed E-state index contributed by atoms with van der Waals surface area (Å²) < 4.78 is 33.1. The zero-order chi connectivity index (χ0) is 27.3. The molecule has 10 nitrogen and oxygen atoms in total.